The summed E-state index contributed by atoms with van der Waals surface area (Å²) in [5.74, 6) is 0.0380. The molecular weight excluding hydrogens is 164 g/mol. The maximum absolute atomic E-state index is 9.10. The maximum Gasteiger partial charge on any atom is 0.134 e. The van der Waals surface area contributed by atoms with Crippen LogP contribution in [-0.4, -0.2) is 10.2 Å². The van der Waals surface area contributed by atoms with E-state index in [1.165, 1.54) is 6.07 Å². The van der Waals surface area contributed by atoms with Crippen molar-refractivity contribution >= 4 is 11.6 Å². The van der Waals surface area contributed by atoms with E-state index in [1.54, 1.807) is 19.1 Å². The highest BCUT2D eigenvalue weighted by Crippen LogP contribution is 2.26. The minimum absolute atomic E-state index is 0.0380. The van der Waals surface area contributed by atoms with Crippen LogP contribution in [0.5, 0.6) is 5.75 Å². The van der Waals surface area contributed by atoms with E-state index in [9.17, 15) is 0 Å². The fourth-order valence-electron chi connectivity index (χ4n) is 0.783. The van der Waals surface area contributed by atoms with Crippen molar-refractivity contribution in [2.75, 3.05) is 0 Å². The number of aromatic hydroxyl groups is 1. The average Bonchev–Trinajstić information content (AvgIpc) is 1.94. The van der Waals surface area contributed by atoms with Crippen molar-refractivity contribution in [3.63, 3.8) is 0 Å². The smallest absolute Gasteiger partial charge is 0.134 e. The molecule has 1 atom stereocenters. The van der Waals surface area contributed by atoms with E-state index < -0.39 is 6.10 Å². The topological polar surface area (TPSA) is 40.5 Å². The van der Waals surface area contributed by atoms with Crippen LogP contribution in [0.15, 0.2) is 18.2 Å². The molecular formula is C8H9ClO2. The number of aliphatic hydroxyl groups excluding tert-OH is 1. The van der Waals surface area contributed by atoms with Gasteiger partial charge in [0.15, 0.2) is 0 Å². The lowest BCUT2D eigenvalue weighted by molar-refractivity contribution is 0.199. The Morgan fingerprint density at radius 1 is 1.45 bits per heavy atom. The van der Waals surface area contributed by atoms with Crippen molar-refractivity contribution in [1.82, 2.24) is 0 Å². The van der Waals surface area contributed by atoms with Gasteiger partial charge in [-0.05, 0) is 24.6 Å². The van der Waals surface area contributed by atoms with Gasteiger partial charge in [0.1, 0.15) is 5.75 Å². The molecule has 0 aliphatic carbocycles. The molecule has 0 spiro atoms. The molecule has 0 aromatic heterocycles. The summed E-state index contributed by atoms with van der Waals surface area (Å²) in [6.45, 7) is 1.64. The quantitative estimate of drug-likeness (QED) is 0.681. The Labute approximate surface area is 70.1 Å². The number of hydrogen-bond donors (Lipinski definition) is 2. The summed E-state index contributed by atoms with van der Waals surface area (Å²) in [6, 6.07) is 4.64. The molecule has 0 aliphatic heterocycles. The second-order valence-corrected chi connectivity index (χ2v) is 2.79. The fourth-order valence-corrected chi connectivity index (χ4v) is 0.972. The summed E-state index contributed by atoms with van der Waals surface area (Å²) in [6.07, 6.45) is -0.548. The van der Waals surface area contributed by atoms with E-state index in [0.29, 0.717) is 5.56 Å². The second kappa shape index (κ2) is 3.11. The van der Waals surface area contributed by atoms with Gasteiger partial charge in [0.2, 0.25) is 0 Å². The highest BCUT2D eigenvalue weighted by molar-refractivity contribution is 6.32. The number of hydrogen-bond acceptors (Lipinski definition) is 2. The molecule has 0 radical (unpaired) electrons. The number of phenols is 1. The number of benzene rings is 1. The standard InChI is InChI=1S/C8H9ClO2/c1-5(10)6-2-3-8(11)7(9)4-6/h2-5,10-11H,1H3/t5-/m0/s1. The van der Waals surface area contributed by atoms with E-state index in [4.69, 9.17) is 21.8 Å². The molecule has 0 fully saturated rings. The van der Waals surface area contributed by atoms with Crippen LogP contribution in [-0.2, 0) is 0 Å². The summed E-state index contributed by atoms with van der Waals surface area (Å²) in [7, 11) is 0. The molecule has 0 saturated carbocycles. The molecule has 3 heteroatoms. The number of aliphatic hydroxyl groups is 1. The first-order chi connectivity index (χ1) is 5.11. The van der Waals surface area contributed by atoms with Crippen LogP contribution in [0.3, 0.4) is 0 Å². The lowest BCUT2D eigenvalue weighted by Crippen LogP contribution is -1.89. The first-order valence-corrected chi connectivity index (χ1v) is 3.65. The summed E-state index contributed by atoms with van der Waals surface area (Å²) >= 11 is 5.60. The van der Waals surface area contributed by atoms with Crippen molar-refractivity contribution in [2.45, 2.75) is 13.0 Å². The molecule has 60 valence electrons. The minimum Gasteiger partial charge on any atom is -0.506 e. The van der Waals surface area contributed by atoms with Gasteiger partial charge in [0.25, 0.3) is 0 Å². The first kappa shape index (κ1) is 8.37. The Balaban J connectivity index is 3.05. The van der Waals surface area contributed by atoms with Gasteiger partial charge in [-0.25, -0.2) is 0 Å². The zero-order valence-electron chi connectivity index (χ0n) is 6.08. The molecule has 0 unspecified atom stereocenters. The molecule has 2 nitrogen and oxygen atoms in total. The predicted octanol–water partition coefficient (Wildman–Crippen LogP) is 2.10. The van der Waals surface area contributed by atoms with Gasteiger partial charge in [-0.15, -0.1) is 0 Å². The van der Waals surface area contributed by atoms with Crippen LogP contribution in [0.4, 0.5) is 0 Å². The molecule has 0 aliphatic rings. The van der Waals surface area contributed by atoms with Crippen LogP contribution < -0.4 is 0 Å². The lowest BCUT2D eigenvalue weighted by Gasteiger charge is -2.04. The maximum atomic E-state index is 9.10. The van der Waals surface area contributed by atoms with Crippen molar-refractivity contribution in [3.05, 3.63) is 28.8 Å². The Morgan fingerprint density at radius 2 is 2.09 bits per heavy atom. The second-order valence-electron chi connectivity index (χ2n) is 2.39. The Kier molecular flexibility index (Phi) is 2.37. The third kappa shape index (κ3) is 1.85. The SMILES string of the molecule is C[C@H](O)c1ccc(O)c(Cl)c1. The summed E-state index contributed by atoms with van der Waals surface area (Å²) < 4.78 is 0. The lowest BCUT2D eigenvalue weighted by atomic mass is 10.1. The molecule has 0 bridgehead atoms. The van der Waals surface area contributed by atoms with Crippen LogP contribution in [0, 0.1) is 0 Å². The molecule has 2 N–H and O–H groups in total. The van der Waals surface area contributed by atoms with Gasteiger partial charge in [-0.3, -0.25) is 0 Å². The number of phenolic OH excluding ortho intramolecular Hbond substituents is 1. The fraction of sp³-hybridized carbons (Fsp3) is 0.250. The zero-order valence-corrected chi connectivity index (χ0v) is 6.84. The van der Waals surface area contributed by atoms with Crippen LogP contribution >= 0.6 is 11.6 Å². The van der Waals surface area contributed by atoms with Crippen molar-refractivity contribution in [1.29, 1.82) is 0 Å². The van der Waals surface area contributed by atoms with Gasteiger partial charge in [0.05, 0.1) is 11.1 Å². The third-order valence-electron chi connectivity index (χ3n) is 1.45. The molecule has 1 rings (SSSR count). The predicted molar refractivity (Wildman–Crippen MR) is 43.8 cm³/mol. The molecule has 0 heterocycles. The molecule has 0 amide bonds. The highest BCUT2D eigenvalue weighted by atomic mass is 35.5. The molecule has 0 saturated heterocycles. The van der Waals surface area contributed by atoms with Gasteiger partial charge < -0.3 is 10.2 Å². The summed E-state index contributed by atoms with van der Waals surface area (Å²) in [5, 5.41) is 18.4. The Morgan fingerprint density at radius 3 is 2.55 bits per heavy atom. The van der Waals surface area contributed by atoms with E-state index >= 15 is 0 Å². The van der Waals surface area contributed by atoms with Gasteiger partial charge >= 0.3 is 0 Å². The van der Waals surface area contributed by atoms with Crippen molar-refractivity contribution in [3.8, 4) is 5.75 Å². The van der Waals surface area contributed by atoms with Crippen LogP contribution in [0.25, 0.3) is 0 Å². The zero-order chi connectivity index (χ0) is 8.43. The Bertz CT molecular complexity index is 258. The average molecular weight is 173 g/mol. The molecule has 1 aromatic rings. The largest absolute Gasteiger partial charge is 0.506 e. The van der Waals surface area contributed by atoms with Crippen molar-refractivity contribution in [2.24, 2.45) is 0 Å². The van der Waals surface area contributed by atoms with Crippen LogP contribution in [0.1, 0.15) is 18.6 Å². The highest BCUT2D eigenvalue weighted by Gasteiger charge is 2.03. The first-order valence-electron chi connectivity index (χ1n) is 3.27. The van der Waals surface area contributed by atoms with E-state index in [2.05, 4.69) is 0 Å². The third-order valence-corrected chi connectivity index (χ3v) is 1.76. The van der Waals surface area contributed by atoms with Gasteiger partial charge in [-0.2, -0.15) is 0 Å². The van der Waals surface area contributed by atoms with E-state index in [1.807, 2.05) is 0 Å². The Hall–Kier alpha value is -0.730. The monoisotopic (exact) mass is 172 g/mol. The van der Waals surface area contributed by atoms with E-state index in [-0.39, 0.29) is 10.8 Å². The number of halogens is 1. The molecule has 11 heavy (non-hydrogen) atoms. The normalized spacial score (nSPS) is 13.0. The van der Waals surface area contributed by atoms with Gasteiger partial charge in [0, 0.05) is 0 Å². The summed E-state index contributed by atoms with van der Waals surface area (Å²) in [4.78, 5) is 0. The minimum atomic E-state index is -0.548. The van der Waals surface area contributed by atoms with Gasteiger partial charge in [-0.1, -0.05) is 17.7 Å². The molecule has 1 aromatic carbocycles. The van der Waals surface area contributed by atoms with E-state index in [0.717, 1.165) is 0 Å². The van der Waals surface area contributed by atoms with Crippen molar-refractivity contribution < 1.29 is 10.2 Å². The summed E-state index contributed by atoms with van der Waals surface area (Å²) in [5.41, 5.74) is 0.702. The van der Waals surface area contributed by atoms with Crippen LogP contribution in [0.2, 0.25) is 5.02 Å². The number of rotatable bonds is 1.